The molecule has 2 rings (SSSR count). The molecule has 2 aromatic rings. The zero-order valence-electron chi connectivity index (χ0n) is 10.5. The molecule has 0 amide bonds. The van der Waals surface area contributed by atoms with Crippen LogP contribution in [0.2, 0.25) is 5.02 Å². The summed E-state index contributed by atoms with van der Waals surface area (Å²) >= 11 is 5.69. The lowest BCUT2D eigenvalue weighted by atomic mass is 10.2. The molecule has 0 saturated carbocycles. The summed E-state index contributed by atoms with van der Waals surface area (Å²) in [6, 6.07) is 10.9. The van der Waals surface area contributed by atoms with Gasteiger partial charge in [-0.25, -0.2) is 4.39 Å². The first kappa shape index (κ1) is 14.4. The molecule has 0 aromatic heterocycles. The van der Waals surface area contributed by atoms with Gasteiger partial charge in [-0.1, -0.05) is 29.8 Å². The minimum absolute atomic E-state index is 0.0640. The normalized spacial score (nSPS) is 10.5. The number of rotatable bonds is 5. The van der Waals surface area contributed by atoms with E-state index in [1.165, 1.54) is 18.2 Å². The molecule has 104 valence electrons. The number of hydrogen-bond donors (Lipinski definition) is 1. The van der Waals surface area contributed by atoms with Gasteiger partial charge in [0.15, 0.2) is 0 Å². The fourth-order valence-electron chi connectivity index (χ4n) is 1.78. The van der Waals surface area contributed by atoms with Crippen molar-refractivity contribution >= 4 is 17.3 Å². The standard InChI is InChI=1S/C14H12ClFN2O2/c15-13-7-11(4-5-14(13)16)9-17-8-10-2-1-3-12(6-10)18(19)20/h1-7,17H,8-9H2. The van der Waals surface area contributed by atoms with E-state index in [0.29, 0.717) is 13.1 Å². The minimum atomic E-state index is -0.450. The minimum Gasteiger partial charge on any atom is -0.309 e. The molecule has 0 aliphatic carbocycles. The second-order valence-electron chi connectivity index (χ2n) is 4.28. The summed E-state index contributed by atoms with van der Waals surface area (Å²) in [6.07, 6.45) is 0. The Kier molecular flexibility index (Phi) is 4.65. The summed E-state index contributed by atoms with van der Waals surface area (Å²) in [5.74, 6) is -0.450. The van der Waals surface area contributed by atoms with E-state index in [1.54, 1.807) is 24.3 Å². The SMILES string of the molecule is O=[N+]([O-])c1cccc(CNCc2ccc(F)c(Cl)c2)c1. The van der Waals surface area contributed by atoms with Crippen LogP contribution in [-0.2, 0) is 13.1 Å². The molecule has 0 aliphatic heterocycles. The van der Waals surface area contributed by atoms with Gasteiger partial charge in [0.05, 0.1) is 9.95 Å². The molecule has 0 spiro atoms. The molecule has 0 radical (unpaired) electrons. The van der Waals surface area contributed by atoms with Gasteiger partial charge in [-0.2, -0.15) is 0 Å². The number of benzene rings is 2. The van der Waals surface area contributed by atoms with E-state index in [-0.39, 0.29) is 10.7 Å². The van der Waals surface area contributed by atoms with E-state index in [1.807, 2.05) is 0 Å². The van der Waals surface area contributed by atoms with Crippen molar-refractivity contribution in [3.63, 3.8) is 0 Å². The van der Waals surface area contributed by atoms with Crippen LogP contribution in [0.15, 0.2) is 42.5 Å². The fraction of sp³-hybridized carbons (Fsp3) is 0.143. The Balaban J connectivity index is 1.94. The van der Waals surface area contributed by atoms with E-state index < -0.39 is 10.7 Å². The van der Waals surface area contributed by atoms with Gasteiger partial charge in [-0.05, 0) is 23.3 Å². The number of halogens is 2. The molecule has 0 atom stereocenters. The maximum Gasteiger partial charge on any atom is 0.269 e. The molecular weight excluding hydrogens is 283 g/mol. The third kappa shape index (κ3) is 3.76. The van der Waals surface area contributed by atoms with Crippen molar-refractivity contribution in [2.45, 2.75) is 13.1 Å². The average Bonchev–Trinajstić information content (AvgIpc) is 2.43. The number of nitrogens with zero attached hydrogens (tertiary/aromatic N) is 1. The van der Waals surface area contributed by atoms with Crippen molar-refractivity contribution in [2.75, 3.05) is 0 Å². The summed E-state index contributed by atoms with van der Waals surface area (Å²) in [4.78, 5) is 10.2. The summed E-state index contributed by atoms with van der Waals surface area (Å²) in [7, 11) is 0. The summed E-state index contributed by atoms with van der Waals surface area (Å²) < 4.78 is 13.0. The first-order valence-corrected chi connectivity index (χ1v) is 6.32. The first-order valence-electron chi connectivity index (χ1n) is 5.94. The van der Waals surface area contributed by atoms with Crippen molar-refractivity contribution in [2.24, 2.45) is 0 Å². The molecule has 1 N–H and O–H groups in total. The van der Waals surface area contributed by atoms with E-state index >= 15 is 0 Å². The van der Waals surface area contributed by atoms with Gasteiger partial charge in [0.2, 0.25) is 0 Å². The monoisotopic (exact) mass is 294 g/mol. The highest BCUT2D eigenvalue weighted by Crippen LogP contribution is 2.16. The van der Waals surface area contributed by atoms with E-state index in [2.05, 4.69) is 5.32 Å². The van der Waals surface area contributed by atoms with Gasteiger partial charge in [-0.15, -0.1) is 0 Å². The molecule has 20 heavy (non-hydrogen) atoms. The predicted molar refractivity (Wildman–Crippen MR) is 75.1 cm³/mol. The molecule has 0 unspecified atom stereocenters. The molecule has 0 saturated heterocycles. The van der Waals surface area contributed by atoms with Crippen molar-refractivity contribution < 1.29 is 9.31 Å². The van der Waals surface area contributed by atoms with Crippen LogP contribution >= 0.6 is 11.6 Å². The molecule has 0 aliphatic rings. The molecule has 2 aromatic carbocycles. The predicted octanol–water partition coefficient (Wildman–Crippen LogP) is 3.68. The van der Waals surface area contributed by atoms with Crippen LogP contribution in [0.5, 0.6) is 0 Å². The zero-order valence-corrected chi connectivity index (χ0v) is 11.2. The number of nitro benzene ring substituents is 1. The Morgan fingerprint density at radius 2 is 1.85 bits per heavy atom. The summed E-state index contributed by atoms with van der Waals surface area (Å²) in [5.41, 5.74) is 1.73. The Labute approximate surface area is 120 Å². The lowest BCUT2D eigenvalue weighted by Gasteiger charge is -2.06. The average molecular weight is 295 g/mol. The smallest absolute Gasteiger partial charge is 0.269 e. The first-order chi connectivity index (χ1) is 9.56. The Morgan fingerprint density at radius 1 is 1.15 bits per heavy atom. The molecule has 0 bridgehead atoms. The highest BCUT2D eigenvalue weighted by atomic mass is 35.5. The Bertz CT molecular complexity index is 634. The zero-order chi connectivity index (χ0) is 14.5. The molecule has 0 heterocycles. The van der Waals surface area contributed by atoms with Crippen LogP contribution in [0, 0.1) is 15.9 Å². The summed E-state index contributed by atoms with van der Waals surface area (Å²) in [6.45, 7) is 0.985. The van der Waals surface area contributed by atoms with Crippen LogP contribution in [0.4, 0.5) is 10.1 Å². The van der Waals surface area contributed by atoms with Crippen LogP contribution in [0.3, 0.4) is 0 Å². The lowest BCUT2D eigenvalue weighted by molar-refractivity contribution is -0.384. The number of nitrogens with one attached hydrogen (secondary N) is 1. The maximum atomic E-state index is 13.0. The molecule has 4 nitrogen and oxygen atoms in total. The van der Waals surface area contributed by atoms with Crippen molar-refractivity contribution in [3.8, 4) is 0 Å². The van der Waals surface area contributed by atoms with Gasteiger partial charge in [0.1, 0.15) is 5.82 Å². The molecular formula is C14H12ClFN2O2. The summed E-state index contributed by atoms with van der Waals surface area (Å²) in [5, 5.41) is 13.9. The van der Waals surface area contributed by atoms with Gasteiger partial charge in [0.25, 0.3) is 5.69 Å². The van der Waals surface area contributed by atoms with Gasteiger partial charge >= 0.3 is 0 Å². The van der Waals surface area contributed by atoms with Gasteiger partial charge in [0, 0.05) is 25.2 Å². The topological polar surface area (TPSA) is 55.2 Å². The Morgan fingerprint density at radius 3 is 2.50 bits per heavy atom. The van der Waals surface area contributed by atoms with E-state index in [4.69, 9.17) is 11.6 Å². The highest BCUT2D eigenvalue weighted by Gasteiger charge is 2.05. The van der Waals surface area contributed by atoms with Crippen molar-refractivity contribution in [1.29, 1.82) is 0 Å². The lowest BCUT2D eigenvalue weighted by Crippen LogP contribution is -2.12. The van der Waals surface area contributed by atoms with Crippen molar-refractivity contribution in [1.82, 2.24) is 5.32 Å². The highest BCUT2D eigenvalue weighted by molar-refractivity contribution is 6.30. The van der Waals surface area contributed by atoms with Gasteiger partial charge in [-0.3, -0.25) is 10.1 Å². The van der Waals surface area contributed by atoms with Crippen LogP contribution in [0.25, 0.3) is 0 Å². The third-order valence-electron chi connectivity index (χ3n) is 2.76. The van der Waals surface area contributed by atoms with Crippen LogP contribution in [-0.4, -0.2) is 4.92 Å². The van der Waals surface area contributed by atoms with Crippen LogP contribution < -0.4 is 5.32 Å². The second-order valence-corrected chi connectivity index (χ2v) is 4.69. The number of nitro groups is 1. The third-order valence-corrected chi connectivity index (χ3v) is 3.05. The van der Waals surface area contributed by atoms with E-state index in [0.717, 1.165) is 11.1 Å². The Hall–Kier alpha value is -1.98. The molecule has 0 fully saturated rings. The maximum absolute atomic E-state index is 13.0. The number of hydrogen-bond acceptors (Lipinski definition) is 3. The fourth-order valence-corrected chi connectivity index (χ4v) is 1.98. The van der Waals surface area contributed by atoms with E-state index in [9.17, 15) is 14.5 Å². The van der Waals surface area contributed by atoms with Gasteiger partial charge < -0.3 is 5.32 Å². The van der Waals surface area contributed by atoms with Crippen molar-refractivity contribution in [3.05, 3.63) is 74.5 Å². The molecule has 6 heteroatoms. The quantitative estimate of drug-likeness (QED) is 0.676. The number of non-ortho nitro benzene ring substituents is 1. The second kappa shape index (κ2) is 6.45. The largest absolute Gasteiger partial charge is 0.309 e. The van der Waals surface area contributed by atoms with Crippen LogP contribution in [0.1, 0.15) is 11.1 Å².